The van der Waals surface area contributed by atoms with Crippen molar-refractivity contribution in [2.24, 2.45) is 0 Å². The summed E-state index contributed by atoms with van der Waals surface area (Å²) in [5.74, 6) is -0.162. The van der Waals surface area contributed by atoms with E-state index in [1.54, 1.807) is 13.2 Å². The number of unbranched alkanes of at least 4 members (excludes halogenated alkanes) is 2. The predicted molar refractivity (Wildman–Crippen MR) is 281 cm³/mol. The van der Waals surface area contributed by atoms with Crippen LogP contribution in [0.4, 0.5) is 11.4 Å². The average molecular weight is 1020 g/mol. The van der Waals surface area contributed by atoms with Crippen molar-refractivity contribution < 1.29 is 60.5 Å². The van der Waals surface area contributed by atoms with Gasteiger partial charge in [-0.05, 0) is 82.9 Å². The SMILES string of the molecule is COCCOCCOCCOCCN1c2cc3c(cc2C(C)=CC1(C)C)/C(=C/C=C/C=C/C=C/C1=[N+](CCCCCC(=O)ON2C(=O)CCC2=O)c2ccc(S(=O)(=O)O)cc2C1(C)C)C=C(c1ccccc1)O3. The Kier molecular flexibility index (Phi) is 18.4. The van der Waals surface area contributed by atoms with E-state index in [1.807, 2.05) is 80.6 Å². The first-order valence-corrected chi connectivity index (χ1v) is 26.3. The summed E-state index contributed by atoms with van der Waals surface area (Å²) in [5.41, 5.74) is 7.93. The van der Waals surface area contributed by atoms with E-state index in [-0.39, 0.29) is 29.7 Å². The molecule has 7 rings (SSSR count). The van der Waals surface area contributed by atoms with Gasteiger partial charge in [0.05, 0.1) is 62.1 Å². The van der Waals surface area contributed by atoms with Gasteiger partial charge in [0.1, 0.15) is 18.1 Å². The molecule has 15 nitrogen and oxygen atoms in total. The standard InChI is InChI=1S/C57H67N3O12S/c1-41-40-56(2,3)59(28-29-68-32-33-70-35-34-69-31-30-67-6)49-39-51-46(38-45(41)49)43(36-50(71-51)42-18-13-10-14-19-42)20-12-8-7-9-15-21-52-57(4,5)47-37-44(73(64,65)66)23-24-48(47)58(52)27-17-11-16-22-55(63)72-60-53(61)25-26-54(60)62/h7-10,12-15,18-21,23-24,36-40H,11,16-17,22,25-35H2,1-6H3/p+1. The average Bonchev–Trinajstić information content (AvgIpc) is 3.78. The molecule has 0 radical (unpaired) electrons. The fourth-order valence-corrected chi connectivity index (χ4v) is 9.99. The lowest BCUT2D eigenvalue weighted by atomic mass is 9.81. The molecule has 1 fully saturated rings. The number of carbonyl (C=O) groups is 3. The minimum Gasteiger partial charge on any atom is -0.456 e. The van der Waals surface area contributed by atoms with Crippen LogP contribution in [-0.2, 0) is 53.7 Å². The molecular formula is C57H68N3O12S+. The fourth-order valence-electron chi connectivity index (χ4n) is 9.49. The van der Waals surface area contributed by atoms with Gasteiger partial charge in [-0.15, -0.1) is 5.06 Å². The van der Waals surface area contributed by atoms with Gasteiger partial charge in [0.25, 0.3) is 21.9 Å². The lowest BCUT2D eigenvalue weighted by Gasteiger charge is -2.44. The van der Waals surface area contributed by atoms with Gasteiger partial charge in [0.2, 0.25) is 5.69 Å². The Morgan fingerprint density at radius 2 is 1.48 bits per heavy atom. The van der Waals surface area contributed by atoms with Crippen molar-refractivity contribution in [2.75, 3.05) is 71.3 Å². The van der Waals surface area contributed by atoms with Gasteiger partial charge in [0.15, 0.2) is 5.71 Å². The van der Waals surface area contributed by atoms with Crippen LogP contribution in [0.1, 0.15) is 95.4 Å². The van der Waals surface area contributed by atoms with E-state index in [2.05, 4.69) is 60.6 Å². The topological polar surface area (TPSA) is 170 Å². The molecule has 0 saturated carbocycles. The molecule has 4 aliphatic heterocycles. The first-order valence-electron chi connectivity index (χ1n) is 24.9. The Labute approximate surface area is 429 Å². The number of rotatable bonds is 25. The first kappa shape index (κ1) is 54.5. The highest BCUT2D eigenvalue weighted by molar-refractivity contribution is 7.85. The Hall–Kier alpha value is -6.27. The van der Waals surface area contributed by atoms with Crippen molar-refractivity contribution in [1.29, 1.82) is 0 Å². The lowest BCUT2D eigenvalue weighted by molar-refractivity contribution is -0.438. The van der Waals surface area contributed by atoms with Gasteiger partial charge in [-0.3, -0.25) is 14.1 Å². The number of carbonyl (C=O) groups excluding carboxylic acids is 3. The van der Waals surface area contributed by atoms with Crippen LogP contribution in [0.2, 0.25) is 0 Å². The van der Waals surface area contributed by atoms with Crippen LogP contribution < -0.4 is 9.64 Å². The van der Waals surface area contributed by atoms with Gasteiger partial charge in [-0.25, -0.2) is 4.79 Å². The molecule has 3 aromatic carbocycles. The zero-order chi connectivity index (χ0) is 52.2. The van der Waals surface area contributed by atoms with Crippen molar-refractivity contribution in [3.63, 3.8) is 0 Å². The number of allylic oxidation sites excluding steroid dienone is 10. The van der Waals surface area contributed by atoms with E-state index in [4.69, 9.17) is 28.5 Å². The third kappa shape index (κ3) is 13.7. The Bertz CT molecular complexity index is 2840. The molecule has 0 bridgehead atoms. The van der Waals surface area contributed by atoms with E-state index in [0.29, 0.717) is 83.7 Å². The molecule has 1 saturated heterocycles. The number of hydrogen-bond donors (Lipinski definition) is 1. The maximum absolute atomic E-state index is 12.4. The van der Waals surface area contributed by atoms with Crippen LogP contribution in [0.5, 0.6) is 5.75 Å². The highest BCUT2D eigenvalue weighted by Crippen LogP contribution is 2.47. The quantitative estimate of drug-likeness (QED) is 0.0280. The Balaban J connectivity index is 1.06. The van der Waals surface area contributed by atoms with Gasteiger partial charge < -0.3 is 33.4 Å². The van der Waals surface area contributed by atoms with E-state index in [1.165, 1.54) is 17.7 Å². The molecule has 388 valence electrons. The van der Waals surface area contributed by atoms with Crippen molar-refractivity contribution >= 4 is 61.9 Å². The number of nitrogens with zero attached hydrogens (tertiary/aromatic N) is 3. The zero-order valence-electron chi connectivity index (χ0n) is 42.8. The van der Waals surface area contributed by atoms with E-state index in [0.717, 1.165) is 56.4 Å². The molecule has 2 amide bonds. The lowest BCUT2D eigenvalue weighted by Crippen LogP contribution is -2.46. The number of hydroxylamine groups is 2. The number of imide groups is 1. The highest BCUT2D eigenvalue weighted by Gasteiger charge is 2.45. The van der Waals surface area contributed by atoms with E-state index < -0.39 is 33.3 Å². The first-order chi connectivity index (χ1) is 35.0. The van der Waals surface area contributed by atoms with E-state index >= 15 is 0 Å². The number of anilines is 1. The molecule has 16 heteroatoms. The number of benzene rings is 3. The predicted octanol–water partition coefficient (Wildman–Crippen LogP) is 9.36. The summed E-state index contributed by atoms with van der Waals surface area (Å²) >= 11 is 0. The fraction of sp³-hybridized carbons (Fsp3) is 0.404. The van der Waals surface area contributed by atoms with Crippen molar-refractivity contribution in [3.8, 4) is 5.75 Å². The second-order valence-corrected chi connectivity index (χ2v) is 20.6. The summed E-state index contributed by atoms with van der Waals surface area (Å²) in [4.78, 5) is 43.3. The minimum atomic E-state index is -4.44. The number of ether oxygens (including phenoxy) is 5. The Morgan fingerprint density at radius 1 is 0.808 bits per heavy atom. The molecule has 0 aromatic heterocycles. The third-order valence-corrected chi connectivity index (χ3v) is 14.0. The van der Waals surface area contributed by atoms with E-state index in [9.17, 15) is 27.4 Å². The normalized spacial score (nSPS) is 17.7. The maximum Gasteiger partial charge on any atom is 0.333 e. The molecule has 0 aliphatic carbocycles. The highest BCUT2D eigenvalue weighted by atomic mass is 32.2. The van der Waals surface area contributed by atoms with Gasteiger partial charge >= 0.3 is 5.97 Å². The zero-order valence-corrected chi connectivity index (χ0v) is 43.6. The number of methoxy groups -OCH3 is 1. The Morgan fingerprint density at radius 3 is 2.18 bits per heavy atom. The van der Waals surface area contributed by atoms with Crippen molar-refractivity contribution in [3.05, 3.63) is 138 Å². The summed E-state index contributed by atoms with van der Waals surface area (Å²) in [5, 5.41) is 0.563. The van der Waals surface area contributed by atoms with Crippen molar-refractivity contribution in [2.45, 2.75) is 89.0 Å². The second-order valence-electron chi connectivity index (χ2n) is 19.2. The summed E-state index contributed by atoms with van der Waals surface area (Å²) in [6.45, 7) is 15.5. The summed E-state index contributed by atoms with van der Waals surface area (Å²) < 4.78 is 65.3. The number of hydrogen-bond acceptors (Lipinski definition) is 12. The molecule has 1 N–H and O–H groups in total. The number of fused-ring (bicyclic) bond motifs is 3. The molecule has 3 aromatic rings. The van der Waals surface area contributed by atoms with Gasteiger partial charge in [-0.1, -0.05) is 72.9 Å². The summed E-state index contributed by atoms with van der Waals surface area (Å²) in [6, 6.07) is 19.1. The molecule has 4 heterocycles. The van der Waals surface area contributed by atoms with Crippen LogP contribution in [0.25, 0.3) is 16.9 Å². The smallest absolute Gasteiger partial charge is 0.333 e. The molecule has 0 spiro atoms. The minimum absolute atomic E-state index is 0.0342. The molecule has 4 aliphatic rings. The molecular weight excluding hydrogens is 951 g/mol. The largest absolute Gasteiger partial charge is 0.456 e. The van der Waals surface area contributed by atoms with Gasteiger partial charge in [-0.2, -0.15) is 13.0 Å². The second kappa shape index (κ2) is 24.6. The van der Waals surface area contributed by atoms with Gasteiger partial charge in [0, 0.05) is 85.5 Å². The molecule has 73 heavy (non-hydrogen) atoms. The van der Waals surface area contributed by atoms with Crippen LogP contribution in [0, 0.1) is 0 Å². The van der Waals surface area contributed by atoms with Crippen molar-refractivity contribution in [1.82, 2.24) is 5.06 Å². The maximum atomic E-state index is 12.4. The monoisotopic (exact) mass is 1020 g/mol. The number of amides is 2. The third-order valence-electron chi connectivity index (χ3n) is 13.2. The van der Waals surface area contributed by atoms with Crippen LogP contribution >= 0.6 is 0 Å². The van der Waals surface area contributed by atoms with Crippen LogP contribution in [0.15, 0.2) is 120 Å². The summed E-state index contributed by atoms with van der Waals surface area (Å²) in [6.07, 6.45) is 20.2. The van der Waals surface area contributed by atoms with Crippen LogP contribution in [-0.4, -0.2) is 118 Å². The molecule has 0 atom stereocenters. The molecule has 0 unspecified atom stereocenters. The van der Waals surface area contributed by atoms with Crippen LogP contribution in [0.3, 0.4) is 0 Å². The summed E-state index contributed by atoms with van der Waals surface area (Å²) in [7, 11) is -2.79.